The van der Waals surface area contributed by atoms with Crippen LogP contribution in [-0.4, -0.2) is 32.9 Å². The molecular weight excluding hydrogens is 338 g/mol. The number of fused-ring (bicyclic) bond motifs is 1. The summed E-state index contributed by atoms with van der Waals surface area (Å²) in [6, 6.07) is 11.4. The average molecular weight is 361 g/mol. The van der Waals surface area contributed by atoms with Gasteiger partial charge in [-0.05, 0) is 42.9 Å². The lowest BCUT2D eigenvalue weighted by molar-refractivity contribution is 0.210. The normalized spacial score (nSPS) is 14.3. The zero-order valence-electron chi connectivity index (χ0n) is 15.4. The topological polar surface area (TPSA) is 73.9 Å². The Morgan fingerprint density at radius 1 is 1.19 bits per heavy atom. The number of carbonyl (C=O) groups excluding carboxylic acids is 1. The van der Waals surface area contributed by atoms with E-state index in [4.69, 9.17) is 0 Å². The Bertz CT molecular complexity index is 908. The number of nitrogens with one attached hydrogen (secondary N) is 2. The van der Waals surface area contributed by atoms with Gasteiger partial charge in [0.15, 0.2) is 0 Å². The first-order chi connectivity index (χ1) is 13.2. The van der Waals surface area contributed by atoms with Crippen molar-refractivity contribution in [3.63, 3.8) is 0 Å². The largest absolute Gasteiger partial charge is 0.347 e. The van der Waals surface area contributed by atoms with E-state index in [2.05, 4.69) is 26.3 Å². The van der Waals surface area contributed by atoms with Gasteiger partial charge in [0.05, 0.1) is 11.9 Å². The van der Waals surface area contributed by atoms with Gasteiger partial charge in [-0.15, -0.1) is 0 Å². The molecule has 2 heterocycles. The number of benzene rings is 1. The van der Waals surface area contributed by atoms with Crippen molar-refractivity contribution in [3.8, 4) is 0 Å². The van der Waals surface area contributed by atoms with Crippen LogP contribution in [-0.2, 0) is 12.8 Å². The van der Waals surface area contributed by atoms with Gasteiger partial charge < -0.3 is 15.2 Å². The number of hydrogen-bond donors (Lipinski definition) is 2. The first-order valence-corrected chi connectivity index (χ1v) is 9.28. The number of aryl methyl sites for hydroxylation is 2. The molecule has 6 heteroatoms. The summed E-state index contributed by atoms with van der Waals surface area (Å²) >= 11 is 0. The van der Waals surface area contributed by atoms with Crippen molar-refractivity contribution in [1.82, 2.24) is 19.9 Å². The Labute approximate surface area is 158 Å². The zero-order chi connectivity index (χ0) is 18.6. The highest BCUT2D eigenvalue weighted by Gasteiger charge is 2.25. The van der Waals surface area contributed by atoms with Crippen molar-refractivity contribution in [3.05, 3.63) is 77.6 Å². The van der Waals surface area contributed by atoms with Gasteiger partial charge in [0, 0.05) is 25.1 Å². The van der Waals surface area contributed by atoms with Crippen LogP contribution in [0.25, 0.3) is 0 Å². The van der Waals surface area contributed by atoms with Crippen LogP contribution in [0, 0.1) is 0 Å². The van der Waals surface area contributed by atoms with E-state index in [0.717, 1.165) is 35.6 Å². The summed E-state index contributed by atoms with van der Waals surface area (Å²) in [5.41, 5.74) is 4.13. The predicted octanol–water partition coefficient (Wildman–Crippen LogP) is 3.94. The second-order valence-electron chi connectivity index (χ2n) is 6.87. The minimum atomic E-state index is -0.299. The fourth-order valence-electron chi connectivity index (χ4n) is 3.61. The van der Waals surface area contributed by atoms with Crippen LogP contribution < -0.4 is 5.32 Å². The lowest BCUT2D eigenvalue weighted by Gasteiger charge is -2.27. The van der Waals surface area contributed by atoms with Gasteiger partial charge in [-0.2, -0.15) is 0 Å². The molecule has 1 aliphatic rings. The van der Waals surface area contributed by atoms with E-state index in [1.807, 2.05) is 30.3 Å². The number of imidazole rings is 1. The Balaban J connectivity index is 1.56. The van der Waals surface area contributed by atoms with Gasteiger partial charge in [0.1, 0.15) is 11.9 Å². The van der Waals surface area contributed by atoms with Gasteiger partial charge in [0.2, 0.25) is 0 Å². The van der Waals surface area contributed by atoms with Gasteiger partial charge in [0.25, 0.3) is 0 Å². The van der Waals surface area contributed by atoms with Crippen LogP contribution in [0.3, 0.4) is 0 Å². The first-order valence-electron chi connectivity index (χ1n) is 9.28. The molecule has 1 atom stereocenters. The highest BCUT2D eigenvalue weighted by Crippen LogP contribution is 2.26. The van der Waals surface area contributed by atoms with Crippen molar-refractivity contribution >= 4 is 11.7 Å². The number of hydrogen-bond acceptors (Lipinski definition) is 3. The number of nitrogens with zero attached hydrogens (tertiary/aromatic N) is 3. The molecule has 0 aliphatic heterocycles. The fourth-order valence-corrected chi connectivity index (χ4v) is 3.61. The second-order valence-corrected chi connectivity index (χ2v) is 6.87. The molecule has 0 saturated heterocycles. The SMILES string of the molecule is CN(C(=O)Nc1cnc2c(c1)CCCC2)C(c1ccccc1)c1ncc[nH]1. The minimum Gasteiger partial charge on any atom is -0.347 e. The molecule has 3 aromatic rings. The molecule has 1 unspecified atom stereocenters. The van der Waals surface area contributed by atoms with Crippen molar-refractivity contribution in [2.45, 2.75) is 31.7 Å². The number of anilines is 1. The monoisotopic (exact) mass is 361 g/mol. The summed E-state index contributed by atoms with van der Waals surface area (Å²) in [5.74, 6) is 0.724. The molecule has 0 fully saturated rings. The minimum absolute atomic E-state index is 0.196. The maximum atomic E-state index is 12.9. The number of urea groups is 1. The second kappa shape index (κ2) is 7.61. The van der Waals surface area contributed by atoms with E-state index >= 15 is 0 Å². The van der Waals surface area contributed by atoms with Crippen LogP contribution in [0.5, 0.6) is 0 Å². The van der Waals surface area contributed by atoms with E-state index in [1.54, 1.807) is 30.5 Å². The summed E-state index contributed by atoms with van der Waals surface area (Å²) in [5, 5.41) is 2.99. The third kappa shape index (κ3) is 3.69. The average Bonchev–Trinajstić information content (AvgIpc) is 3.23. The molecule has 27 heavy (non-hydrogen) atoms. The predicted molar refractivity (Wildman–Crippen MR) is 105 cm³/mol. The van der Waals surface area contributed by atoms with E-state index in [-0.39, 0.29) is 12.1 Å². The van der Waals surface area contributed by atoms with E-state index < -0.39 is 0 Å². The van der Waals surface area contributed by atoms with Gasteiger partial charge in [-0.1, -0.05) is 30.3 Å². The number of rotatable bonds is 4. The molecule has 0 spiro atoms. The summed E-state index contributed by atoms with van der Waals surface area (Å²) < 4.78 is 0. The van der Waals surface area contributed by atoms with Crippen LogP contribution in [0.1, 0.15) is 41.5 Å². The molecule has 6 nitrogen and oxygen atoms in total. The number of pyridine rings is 1. The number of carbonyl (C=O) groups is 1. The lowest BCUT2D eigenvalue weighted by Crippen LogP contribution is -2.36. The number of H-pyrrole nitrogens is 1. The van der Waals surface area contributed by atoms with E-state index in [9.17, 15) is 4.79 Å². The molecule has 2 amide bonds. The number of aromatic nitrogens is 3. The molecule has 0 bridgehead atoms. The maximum absolute atomic E-state index is 12.9. The third-order valence-corrected chi connectivity index (χ3v) is 5.02. The van der Waals surface area contributed by atoms with E-state index in [1.165, 1.54) is 18.4 Å². The molecule has 0 radical (unpaired) electrons. The fraction of sp³-hybridized carbons (Fsp3) is 0.286. The van der Waals surface area contributed by atoms with Crippen molar-refractivity contribution in [2.24, 2.45) is 0 Å². The molecule has 4 rings (SSSR count). The lowest BCUT2D eigenvalue weighted by atomic mass is 9.96. The Kier molecular flexibility index (Phi) is 4.87. The molecule has 2 N–H and O–H groups in total. The van der Waals surface area contributed by atoms with Gasteiger partial charge in [-0.3, -0.25) is 4.98 Å². The standard InChI is InChI=1S/C21H23N5O/c1-26(19(20-22-11-12-23-20)15-7-3-2-4-8-15)21(27)25-17-13-16-9-5-6-10-18(16)24-14-17/h2-4,7-8,11-14,19H,5-6,9-10H2,1H3,(H,22,23)(H,25,27). The number of amides is 2. The zero-order valence-corrected chi connectivity index (χ0v) is 15.4. The summed E-state index contributed by atoms with van der Waals surface area (Å²) in [6.07, 6.45) is 9.64. The van der Waals surface area contributed by atoms with Gasteiger partial charge in [-0.25, -0.2) is 9.78 Å². The highest BCUT2D eigenvalue weighted by atomic mass is 16.2. The Morgan fingerprint density at radius 2 is 2.00 bits per heavy atom. The van der Waals surface area contributed by atoms with Crippen LogP contribution in [0.15, 0.2) is 55.0 Å². The maximum Gasteiger partial charge on any atom is 0.322 e. The van der Waals surface area contributed by atoms with Gasteiger partial charge >= 0.3 is 6.03 Å². The van der Waals surface area contributed by atoms with E-state index in [0.29, 0.717) is 0 Å². The molecule has 0 saturated carbocycles. The van der Waals surface area contributed by atoms with Crippen molar-refractivity contribution < 1.29 is 4.79 Å². The molecule has 2 aromatic heterocycles. The van der Waals surface area contributed by atoms with Crippen LogP contribution in [0.4, 0.5) is 10.5 Å². The van der Waals surface area contributed by atoms with Crippen LogP contribution >= 0.6 is 0 Å². The number of aromatic amines is 1. The van der Waals surface area contributed by atoms with Crippen LogP contribution in [0.2, 0.25) is 0 Å². The summed E-state index contributed by atoms with van der Waals surface area (Å²) in [6.45, 7) is 0. The quantitative estimate of drug-likeness (QED) is 0.739. The molecule has 138 valence electrons. The van der Waals surface area contributed by atoms with Crippen molar-refractivity contribution in [1.29, 1.82) is 0 Å². The Morgan fingerprint density at radius 3 is 2.78 bits per heavy atom. The van der Waals surface area contributed by atoms with Crippen molar-refractivity contribution in [2.75, 3.05) is 12.4 Å². The third-order valence-electron chi connectivity index (χ3n) is 5.02. The molecule has 1 aliphatic carbocycles. The Hall–Kier alpha value is -3.15. The molecular formula is C21H23N5O. The summed E-state index contributed by atoms with van der Waals surface area (Å²) in [7, 11) is 1.78. The molecule has 1 aromatic carbocycles. The summed E-state index contributed by atoms with van der Waals surface area (Å²) in [4.78, 5) is 26.6. The first kappa shape index (κ1) is 17.3. The highest BCUT2D eigenvalue weighted by molar-refractivity contribution is 5.89. The smallest absolute Gasteiger partial charge is 0.322 e.